The fourth-order valence-electron chi connectivity index (χ4n) is 0.938. The van der Waals surface area contributed by atoms with Gasteiger partial charge in [-0.3, -0.25) is 0 Å². The molecule has 66 valence electrons. The maximum Gasteiger partial charge on any atom is -0.0132 e. The van der Waals surface area contributed by atoms with Crippen LogP contribution in [0.25, 0.3) is 0 Å². The van der Waals surface area contributed by atoms with Crippen molar-refractivity contribution in [2.75, 3.05) is 0 Å². The van der Waals surface area contributed by atoms with Crippen molar-refractivity contribution in [3.63, 3.8) is 0 Å². The largest absolute Gasteiger partial charge is 0.106 e. The molecule has 0 aliphatic heterocycles. The Kier molecular flexibility index (Phi) is 4.35. The molecule has 12 heavy (non-hydrogen) atoms. The van der Waals surface area contributed by atoms with Crippen molar-refractivity contribution in [1.29, 1.82) is 0 Å². The Morgan fingerprint density at radius 3 is 1.58 bits per heavy atom. The van der Waals surface area contributed by atoms with Gasteiger partial charge >= 0.3 is 0 Å². The van der Waals surface area contributed by atoms with E-state index >= 15 is 0 Å². The molecule has 1 aromatic carbocycles. The SMILES string of the molecule is C=C.CC(C)(C)c1ccccc1. The van der Waals surface area contributed by atoms with Crippen molar-refractivity contribution in [2.45, 2.75) is 26.2 Å². The zero-order chi connectivity index (χ0) is 9.61. The van der Waals surface area contributed by atoms with Gasteiger partial charge in [0.05, 0.1) is 0 Å². The van der Waals surface area contributed by atoms with Gasteiger partial charge in [-0.2, -0.15) is 0 Å². The zero-order valence-corrected chi connectivity index (χ0v) is 8.30. The van der Waals surface area contributed by atoms with Crippen LogP contribution in [0.15, 0.2) is 43.5 Å². The molecule has 0 aliphatic rings. The Balaban J connectivity index is 0.000000561. The van der Waals surface area contributed by atoms with E-state index in [9.17, 15) is 0 Å². The maximum absolute atomic E-state index is 3.00. The molecule has 0 nitrogen and oxygen atoms in total. The minimum atomic E-state index is 0.293. The molecule has 0 saturated carbocycles. The Morgan fingerprint density at radius 1 is 0.917 bits per heavy atom. The van der Waals surface area contributed by atoms with Crippen LogP contribution in [0.3, 0.4) is 0 Å². The second-order valence-electron chi connectivity index (χ2n) is 3.62. The molecule has 0 spiro atoms. The predicted molar refractivity (Wildman–Crippen MR) is 56.4 cm³/mol. The van der Waals surface area contributed by atoms with E-state index < -0.39 is 0 Å². The van der Waals surface area contributed by atoms with Gasteiger partial charge in [0.1, 0.15) is 0 Å². The Bertz CT molecular complexity index is 203. The molecular formula is C12H18. The van der Waals surface area contributed by atoms with Crippen molar-refractivity contribution < 1.29 is 0 Å². The predicted octanol–water partition coefficient (Wildman–Crippen LogP) is 3.79. The van der Waals surface area contributed by atoms with E-state index in [1.54, 1.807) is 0 Å². The molecule has 0 bridgehead atoms. The summed E-state index contributed by atoms with van der Waals surface area (Å²) in [6, 6.07) is 10.6. The van der Waals surface area contributed by atoms with Gasteiger partial charge in [0.2, 0.25) is 0 Å². The molecule has 1 aromatic rings. The van der Waals surface area contributed by atoms with Gasteiger partial charge in [-0.1, -0.05) is 51.1 Å². The average Bonchev–Trinajstić information content (AvgIpc) is 2.08. The van der Waals surface area contributed by atoms with Crippen LogP contribution in [0.2, 0.25) is 0 Å². The summed E-state index contributed by atoms with van der Waals surface area (Å²) in [7, 11) is 0. The molecule has 0 heterocycles. The smallest absolute Gasteiger partial charge is 0.0132 e. The molecule has 0 heteroatoms. The fraction of sp³-hybridized carbons (Fsp3) is 0.333. The Hall–Kier alpha value is -1.04. The van der Waals surface area contributed by atoms with E-state index in [1.165, 1.54) is 5.56 Å². The maximum atomic E-state index is 3.00. The van der Waals surface area contributed by atoms with Gasteiger partial charge in [-0.05, 0) is 11.0 Å². The van der Waals surface area contributed by atoms with Gasteiger partial charge in [-0.15, -0.1) is 13.2 Å². The molecule has 0 fully saturated rings. The van der Waals surface area contributed by atoms with E-state index in [2.05, 4.69) is 64.3 Å². The first-order valence-corrected chi connectivity index (χ1v) is 4.16. The first-order valence-electron chi connectivity index (χ1n) is 4.16. The third-order valence-corrected chi connectivity index (χ3v) is 1.64. The third-order valence-electron chi connectivity index (χ3n) is 1.64. The number of rotatable bonds is 0. The standard InChI is InChI=1S/C10H14.C2H4/c1-10(2,3)9-7-5-4-6-8-9;1-2/h4-8H,1-3H3;1-2H2. The van der Waals surface area contributed by atoms with Crippen LogP contribution in [0, 0.1) is 0 Å². The first-order chi connectivity index (χ1) is 5.61. The number of benzene rings is 1. The van der Waals surface area contributed by atoms with Crippen molar-refractivity contribution >= 4 is 0 Å². The molecule has 0 amide bonds. The van der Waals surface area contributed by atoms with Gasteiger partial charge < -0.3 is 0 Å². The molecular weight excluding hydrogens is 144 g/mol. The Labute approximate surface area is 75.9 Å². The molecule has 0 N–H and O–H groups in total. The lowest BCUT2D eigenvalue weighted by Gasteiger charge is -2.18. The summed E-state index contributed by atoms with van der Waals surface area (Å²) in [6.07, 6.45) is 0. The van der Waals surface area contributed by atoms with Crippen molar-refractivity contribution in [3.05, 3.63) is 49.1 Å². The van der Waals surface area contributed by atoms with Crippen molar-refractivity contribution in [2.24, 2.45) is 0 Å². The first kappa shape index (κ1) is 11.0. The second kappa shape index (κ2) is 4.76. The van der Waals surface area contributed by atoms with Crippen LogP contribution >= 0.6 is 0 Å². The lowest BCUT2D eigenvalue weighted by atomic mass is 9.87. The highest BCUT2D eigenvalue weighted by atomic mass is 14.2. The summed E-state index contributed by atoms with van der Waals surface area (Å²) < 4.78 is 0. The number of hydrogen-bond donors (Lipinski definition) is 0. The summed E-state index contributed by atoms with van der Waals surface area (Å²) in [5, 5.41) is 0. The van der Waals surface area contributed by atoms with Crippen LogP contribution in [-0.4, -0.2) is 0 Å². The molecule has 0 radical (unpaired) electrons. The van der Waals surface area contributed by atoms with E-state index in [-0.39, 0.29) is 0 Å². The minimum absolute atomic E-state index is 0.293. The summed E-state index contributed by atoms with van der Waals surface area (Å²) in [5.41, 5.74) is 1.69. The van der Waals surface area contributed by atoms with Crippen molar-refractivity contribution in [1.82, 2.24) is 0 Å². The van der Waals surface area contributed by atoms with Crippen LogP contribution in [-0.2, 0) is 5.41 Å². The molecule has 0 saturated heterocycles. The monoisotopic (exact) mass is 162 g/mol. The number of hydrogen-bond acceptors (Lipinski definition) is 0. The summed E-state index contributed by atoms with van der Waals surface area (Å²) in [6.45, 7) is 12.7. The third kappa shape index (κ3) is 3.38. The summed E-state index contributed by atoms with van der Waals surface area (Å²) in [4.78, 5) is 0. The highest BCUT2D eigenvalue weighted by Crippen LogP contribution is 2.20. The lowest BCUT2D eigenvalue weighted by molar-refractivity contribution is 0.590. The van der Waals surface area contributed by atoms with Gasteiger partial charge in [0.25, 0.3) is 0 Å². The summed E-state index contributed by atoms with van der Waals surface area (Å²) in [5.74, 6) is 0. The minimum Gasteiger partial charge on any atom is -0.106 e. The Morgan fingerprint density at radius 2 is 1.33 bits per heavy atom. The van der Waals surface area contributed by atoms with Crippen molar-refractivity contribution in [3.8, 4) is 0 Å². The van der Waals surface area contributed by atoms with Crippen LogP contribution < -0.4 is 0 Å². The van der Waals surface area contributed by atoms with Gasteiger partial charge in [0.15, 0.2) is 0 Å². The van der Waals surface area contributed by atoms with Crippen LogP contribution in [0.1, 0.15) is 26.3 Å². The quantitative estimate of drug-likeness (QED) is 0.509. The topological polar surface area (TPSA) is 0 Å². The molecule has 0 atom stereocenters. The lowest BCUT2D eigenvalue weighted by Crippen LogP contribution is -2.10. The van der Waals surface area contributed by atoms with Crippen LogP contribution in [0.5, 0.6) is 0 Å². The molecule has 0 aliphatic carbocycles. The molecule has 0 aromatic heterocycles. The highest BCUT2D eigenvalue weighted by Gasteiger charge is 2.11. The van der Waals surface area contributed by atoms with E-state index in [1.807, 2.05) is 0 Å². The molecule has 0 unspecified atom stereocenters. The van der Waals surface area contributed by atoms with Gasteiger partial charge in [-0.25, -0.2) is 0 Å². The van der Waals surface area contributed by atoms with E-state index in [4.69, 9.17) is 0 Å². The summed E-state index contributed by atoms with van der Waals surface area (Å²) >= 11 is 0. The normalized spacial score (nSPS) is 9.92. The van der Waals surface area contributed by atoms with Crippen LogP contribution in [0.4, 0.5) is 0 Å². The molecule has 1 rings (SSSR count). The average molecular weight is 162 g/mol. The highest BCUT2D eigenvalue weighted by molar-refractivity contribution is 5.21. The fourth-order valence-corrected chi connectivity index (χ4v) is 0.938. The van der Waals surface area contributed by atoms with E-state index in [0.29, 0.717) is 5.41 Å². The van der Waals surface area contributed by atoms with E-state index in [0.717, 1.165) is 0 Å². The van der Waals surface area contributed by atoms with Gasteiger partial charge in [0, 0.05) is 0 Å². The second-order valence-corrected chi connectivity index (χ2v) is 3.62. The zero-order valence-electron chi connectivity index (χ0n) is 8.30.